The molecule has 170 valence electrons. The van der Waals surface area contributed by atoms with Crippen molar-refractivity contribution < 1.29 is 19.2 Å². The summed E-state index contributed by atoms with van der Waals surface area (Å²) in [6, 6.07) is 16.0. The molecule has 1 aliphatic carbocycles. The van der Waals surface area contributed by atoms with Gasteiger partial charge in [0.05, 0.1) is 28.3 Å². The summed E-state index contributed by atoms with van der Waals surface area (Å²) in [5, 5.41) is 19.7. The van der Waals surface area contributed by atoms with Gasteiger partial charge in [-0.15, -0.1) is 0 Å². The Hall–Kier alpha value is -4.13. The summed E-state index contributed by atoms with van der Waals surface area (Å²) in [7, 11) is 0. The normalized spacial score (nSPS) is 17.0. The molecular formula is C27H22N3O4-. The summed E-state index contributed by atoms with van der Waals surface area (Å²) in [4.78, 5) is 27.2. The second-order valence-electron chi connectivity index (χ2n) is 8.96. The molecule has 1 aliphatic heterocycles. The number of carboxylic acids is 1. The van der Waals surface area contributed by atoms with E-state index >= 15 is 0 Å². The van der Waals surface area contributed by atoms with Crippen molar-refractivity contribution in [3.8, 4) is 11.3 Å². The quantitative estimate of drug-likeness (QED) is 0.428. The van der Waals surface area contributed by atoms with E-state index in [-0.39, 0.29) is 11.3 Å². The SMILES string of the molecule is CC1CCCCN1c1cc(Nc2ccc(C(=O)[O-])cc2)c2c3c(onc13)-c1ccccc1C2=O. The predicted octanol–water partition coefficient (Wildman–Crippen LogP) is 4.53. The molecular weight excluding hydrogens is 430 g/mol. The van der Waals surface area contributed by atoms with E-state index in [2.05, 4.69) is 22.3 Å². The highest BCUT2D eigenvalue weighted by Gasteiger charge is 2.34. The molecule has 0 saturated carbocycles. The van der Waals surface area contributed by atoms with E-state index in [0.29, 0.717) is 45.2 Å². The third kappa shape index (κ3) is 3.08. The van der Waals surface area contributed by atoms with Gasteiger partial charge in [-0.2, -0.15) is 0 Å². The number of ketones is 1. The smallest absolute Gasteiger partial charge is 0.196 e. The van der Waals surface area contributed by atoms with Gasteiger partial charge in [0.25, 0.3) is 0 Å². The molecule has 1 N–H and O–H groups in total. The zero-order valence-corrected chi connectivity index (χ0v) is 18.6. The van der Waals surface area contributed by atoms with Crippen molar-refractivity contribution in [2.75, 3.05) is 16.8 Å². The van der Waals surface area contributed by atoms with E-state index in [1.54, 1.807) is 18.2 Å². The minimum atomic E-state index is -1.23. The number of aromatic carboxylic acids is 1. The lowest BCUT2D eigenvalue weighted by molar-refractivity contribution is -0.255. The van der Waals surface area contributed by atoms with E-state index in [4.69, 9.17) is 4.52 Å². The molecule has 3 aromatic carbocycles. The number of nitrogens with zero attached hydrogens (tertiary/aromatic N) is 2. The van der Waals surface area contributed by atoms with Gasteiger partial charge in [0.1, 0.15) is 5.52 Å². The van der Waals surface area contributed by atoms with Gasteiger partial charge < -0.3 is 24.6 Å². The van der Waals surface area contributed by atoms with Crippen LogP contribution < -0.4 is 15.3 Å². The summed E-state index contributed by atoms with van der Waals surface area (Å²) in [5.41, 5.74) is 4.87. The maximum absolute atomic E-state index is 13.7. The highest BCUT2D eigenvalue weighted by molar-refractivity contribution is 6.28. The Labute approximate surface area is 196 Å². The second kappa shape index (κ2) is 7.73. The summed E-state index contributed by atoms with van der Waals surface area (Å²) in [6.07, 6.45) is 3.36. The third-order valence-corrected chi connectivity index (χ3v) is 6.89. The lowest BCUT2D eigenvalue weighted by Crippen LogP contribution is -2.37. The Morgan fingerprint density at radius 1 is 1.12 bits per heavy atom. The van der Waals surface area contributed by atoms with Crippen molar-refractivity contribution in [2.24, 2.45) is 0 Å². The van der Waals surface area contributed by atoms with Crippen LogP contribution in [0.2, 0.25) is 0 Å². The number of hydrogen-bond acceptors (Lipinski definition) is 7. The molecule has 6 rings (SSSR count). The van der Waals surface area contributed by atoms with Crippen LogP contribution in [0.5, 0.6) is 0 Å². The van der Waals surface area contributed by atoms with Crippen molar-refractivity contribution >= 4 is 39.7 Å². The molecule has 1 saturated heterocycles. The number of carbonyl (C=O) groups excluding carboxylic acids is 2. The largest absolute Gasteiger partial charge is 0.545 e. The fourth-order valence-corrected chi connectivity index (χ4v) is 5.16. The first-order chi connectivity index (χ1) is 16.5. The molecule has 0 bridgehead atoms. The molecule has 0 radical (unpaired) electrons. The lowest BCUT2D eigenvalue weighted by atomic mass is 9.86. The average Bonchev–Trinajstić information content (AvgIpc) is 3.29. The van der Waals surface area contributed by atoms with E-state index in [0.717, 1.165) is 30.6 Å². The van der Waals surface area contributed by atoms with Crippen molar-refractivity contribution in [1.29, 1.82) is 0 Å². The zero-order chi connectivity index (χ0) is 23.4. The van der Waals surface area contributed by atoms with Gasteiger partial charge in [0.2, 0.25) is 0 Å². The molecule has 1 atom stereocenters. The molecule has 1 fully saturated rings. The second-order valence-corrected chi connectivity index (χ2v) is 8.96. The Bertz CT molecular complexity index is 1460. The zero-order valence-electron chi connectivity index (χ0n) is 18.6. The Kier molecular flexibility index (Phi) is 4.65. The summed E-state index contributed by atoms with van der Waals surface area (Å²) in [5.74, 6) is -0.726. The van der Waals surface area contributed by atoms with E-state index in [1.807, 2.05) is 24.3 Å². The standard InChI is InChI=1S/C27H23N3O4/c1-15-6-4-5-13-30(15)21-14-20(28-17-11-9-16(10-12-17)27(32)33)22-23-24(21)29-34-26(23)19-8-3-2-7-18(19)25(22)31/h2-3,7-12,14-15,28H,4-6,13H2,1H3,(H,32,33)/p-1. The number of anilines is 3. The van der Waals surface area contributed by atoms with Crippen molar-refractivity contribution in [1.82, 2.24) is 5.16 Å². The summed E-state index contributed by atoms with van der Waals surface area (Å²) >= 11 is 0. The predicted molar refractivity (Wildman–Crippen MR) is 128 cm³/mol. The van der Waals surface area contributed by atoms with Crippen LogP contribution in [0.3, 0.4) is 0 Å². The number of rotatable bonds is 4. The number of piperidine rings is 1. The molecule has 34 heavy (non-hydrogen) atoms. The van der Waals surface area contributed by atoms with Crippen LogP contribution in [0.25, 0.3) is 22.2 Å². The molecule has 7 nitrogen and oxygen atoms in total. The van der Waals surface area contributed by atoms with Crippen LogP contribution >= 0.6 is 0 Å². The summed E-state index contributed by atoms with van der Waals surface area (Å²) in [6.45, 7) is 3.11. The topological polar surface area (TPSA) is 98.5 Å². The molecule has 0 spiro atoms. The number of carbonyl (C=O) groups is 2. The highest BCUT2D eigenvalue weighted by Crippen LogP contribution is 2.47. The highest BCUT2D eigenvalue weighted by atomic mass is 16.5. The van der Waals surface area contributed by atoms with Crippen LogP contribution in [-0.4, -0.2) is 29.5 Å². The van der Waals surface area contributed by atoms with Crippen molar-refractivity contribution in [3.63, 3.8) is 0 Å². The molecule has 2 aliphatic rings. The van der Waals surface area contributed by atoms with Crippen molar-refractivity contribution in [2.45, 2.75) is 32.2 Å². The minimum Gasteiger partial charge on any atom is -0.545 e. The minimum absolute atomic E-state index is 0.0940. The van der Waals surface area contributed by atoms with Gasteiger partial charge in [-0.3, -0.25) is 4.79 Å². The number of benzene rings is 3. The molecule has 1 aromatic heterocycles. The van der Waals surface area contributed by atoms with E-state index in [1.165, 1.54) is 18.6 Å². The van der Waals surface area contributed by atoms with E-state index < -0.39 is 5.97 Å². The number of carboxylic acid groups (broad SMARTS) is 1. The first-order valence-electron chi connectivity index (χ1n) is 11.5. The molecule has 0 amide bonds. The Morgan fingerprint density at radius 2 is 1.88 bits per heavy atom. The lowest BCUT2D eigenvalue weighted by Gasteiger charge is -2.36. The fourth-order valence-electron chi connectivity index (χ4n) is 5.16. The van der Waals surface area contributed by atoms with Gasteiger partial charge >= 0.3 is 0 Å². The van der Waals surface area contributed by atoms with Crippen molar-refractivity contribution in [3.05, 3.63) is 71.3 Å². The molecule has 4 aromatic rings. The fraction of sp³-hybridized carbons (Fsp3) is 0.222. The first kappa shape index (κ1) is 20.5. The molecule has 7 heteroatoms. The van der Waals surface area contributed by atoms with Gasteiger partial charge in [0, 0.05) is 29.4 Å². The Morgan fingerprint density at radius 3 is 2.62 bits per heavy atom. The van der Waals surface area contributed by atoms with Crippen LogP contribution in [0, 0.1) is 0 Å². The first-order valence-corrected chi connectivity index (χ1v) is 11.5. The maximum Gasteiger partial charge on any atom is 0.196 e. The van der Waals surface area contributed by atoms with Crippen LogP contribution in [0.1, 0.15) is 52.5 Å². The molecule has 1 unspecified atom stereocenters. The van der Waals surface area contributed by atoms with Crippen LogP contribution in [0.4, 0.5) is 17.1 Å². The third-order valence-electron chi connectivity index (χ3n) is 6.89. The van der Waals surface area contributed by atoms with E-state index in [9.17, 15) is 14.7 Å². The maximum atomic E-state index is 13.7. The monoisotopic (exact) mass is 452 g/mol. The Balaban J connectivity index is 1.57. The molecule has 2 heterocycles. The van der Waals surface area contributed by atoms with Gasteiger partial charge in [-0.1, -0.05) is 41.6 Å². The summed E-state index contributed by atoms with van der Waals surface area (Å²) < 4.78 is 5.86. The van der Waals surface area contributed by atoms with Crippen LogP contribution in [-0.2, 0) is 0 Å². The number of fused-ring (bicyclic) bond motifs is 2. The van der Waals surface area contributed by atoms with Crippen LogP contribution in [0.15, 0.2) is 59.1 Å². The average molecular weight is 452 g/mol. The number of aromatic nitrogens is 1. The number of hydrogen-bond donors (Lipinski definition) is 1. The van der Waals surface area contributed by atoms with Gasteiger partial charge in [-0.25, -0.2) is 0 Å². The van der Waals surface area contributed by atoms with Gasteiger partial charge in [-0.05, 0) is 49.9 Å². The van der Waals surface area contributed by atoms with Gasteiger partial charge in [0.15, 0.2) is 11.5 Å². The number of nitrogens with one attached hydrogen (secondary N) is 1.